The summed E-state index contributed by atoms with van der Waals surface area (Å²) in [4.78, 5) is 36.6. The van der Waals surface area contributed by atoms with E-state index in [1.54, 1.807) is 47.4 Å². The topological polar surface area (TPSA) is 107 Å². The fourth-order valence-corrected chi connectivity index (χ4v) is 3.05. The number of amides is 1. The Labute approximate surface area is 144 Å². The molecule has 1 fully saturated rings. The SMILES string of the molecule is NC(=O)C1CCN(c2ccc(C(=O)c3ccccc3)cc2[N+](=O)[O-])C1. The van der Waals surface area contributed by atoms with E-state index in [0.717, 1.165) is 0 Å². The minimum atomic E-state index is -0.505. The first kappa shape index (κ1) is 16.6. The van der Waals surface area contributed by atoms with Gasteiger partial charge in [-0.05, 0) is 18.6 Å². The molecular formula is C18H17N3O4. The van der Waals surface area contributed by atoms with Gasteiger partial charge in [-0.2, -0.15) is 0 Å². The molecule has 128 valence electrons. The highest BCUT2D eigenvalue weighted by atomic mass is 16.6. The molecule has 0 radical (unpaired) electrons. The first-order valence-electron chi connectivity index (χ1n) is 7.90. The zero-order valence-corrected chi connectivity index (χ0v) is 13.4. The van der Waals surface area contributed by atoms with E-state index >= 15 is 0 Å². The van der Waals surface area contributed by atoms with E-state index in [1.165, 1.54) is 6.07 Å². The van der Waals surface area contributed by atoms with E-state index in [9.17, 15) is 19.7 Å². The van der Waals surface area contributed by atoms with Gasteiger partial charge in [0.1, 0.15) is 5.69 Å². The first-order valence-corrected chi connectivity index (χ1v) is 7.90. The lowest BCUT2D eigenvalue weighted by Crippen LogP contribution is -2.27. The van der Waals surface area contributed by atoms with Crippen molar-refractivity contribution in [3.05, 3.63) is 69.8 Å². The lowest BCUT2D eigenvalue weighted by molar-refractivity contribution is -0.384. The molecule has 0 saturated carbocycles. The Morgan fingerprint density at radius 2 is 1.84 bits per heavy atom. The van der Waals surface area contributed by atoms with E-state index in [2.05, 4.69) is 0 Å². The Balaban J connectivity index is 1.93. The summed E-state index contributed by atoms with van der Waals surface area (Å²) >= 11 is 0. The van der Waals surface area contributed by atoms with Gasteiger partial charge in [0.05, 0.1) is 10.8 Å². The Hall–Kier alpha value is -3.22. The molecule has 0 aliphatic carbocycles. The van der Waals surface area contributed by atoms with Crippen LogP contribution in [0.5, 0.6) is 0 Å². The Morgan fingerprint density at radius 3 is 2.44 bits per heavy atom. The number of nitro benzene ring substituents is 1. The number of primary amides is 1. The summed E-state index contributed by atoms with van der Waals surface area (Å²) in [5.41, 5.74) is 6.30. The van der Waals surface area contributed by atoms with Crippen LogP contribution < -0.4 is 10.6 Å². The van der Waals surface area contributed by atoms with Crippen LogP contribution in [0.4, 0.5) is 11.4 Å². The summed E-state index contributed by atoms with van der Waals surface area (Å²) in [5.74, 6) is -0.988. The van der Waals surface area contributed by atoms with Crippen LogP contribution in [0, 0.1) is 16.0 Å². The number of rotatable bonds is 5. The van der Waals surface area contributed by atoms with E-state index in [0.29, 0.717) is 30.8 Å². The van der Waals surface area contributed by atoms with Crippen LogP contribution in [0.3, 0.4) is 0 Å². The van der Waals surface area contributed by atoms with Crippen molar-refractivity contribution in [2.24, 2.45) is 11.7 Å². The molecule has 25 heavy (non-hydrogen) atoms. The molecule has 1 unspecified atom stereocenters. The number of anilines is 1. The number of nitro groups is 1. The van der Waals surface area contributed by atoms with Gasteiger partial charge in [0.15, 0.2) is 5.78 Å². The molecule has 1 atom stereocenters. The second-order valence-corrected chi connectivity index (χ2v) is 5.99. The maximum atomic E-state index is 12.5. The van der Waals surface area contributed by atoms with Crippen molar-refractivity contribution in [2.45, 2.75) is 6.42 Å². The monoisotopic (exact) mass is 339 g/mol. The van der Waals surface area contributed by atoms with Crippen LogP contribution in [0.25, 0.3) is 0 Å². The van der Waals surface area contributed by atoms with Gasteiger partial charge < -0.3 is 10.6 Å². The average Bonchev–Trinajstić information content (AvgIpc) is 3.11. The van der Waals surface area contributed by atoms with E-state index in [-0.39, 0.29) is 23.0 Å². The van der Waals surface area contributed by atoms with Gasteiger partial charge >= 0.3 is 0 Å². The number of hydrogen-bond donors (Lipinski definition) is 1. The molecule has 7 nitrogen and oxygen atoms in total. The number of nitrogens with zero attached hydrogens (tertiary/aromatic N) is 2. The molecule has 1 aliphatic rings. The number of carbonyl (C=O) groups excluding carboxylic acids is 2. The van der Waals surface area contributed by atoms with Crippen LogP contribution in [-0.2, 0) is 4.79 Å². The van der Waals surface area contributed by atoms with Crippen molar-refractivity contribution in [3.63, 3.8) is 0 Å². The summed E-state index contributed by atoms with van der Waals surface area (Å²) in [6.07, 6.45) is 0.567. The van der Waals surface area contributed by atoms with Crippen LogP contribution in [0.1, 0.15) is 22.3 Å². The standard InChI is InChI=1S/C18H17N3O4/c19-18(23)14-8-9-20(11-14)15-7-6-13(10-16(15)21(24)25)17(22)12-4-2-1-3-5-12/h1-7,10,14H,8-9,11H2,(H2,19,23). The molecule has 7 heteroatoms. The molecule has 0 aromatic heterocycles. The Bertz CT molecular complexity index is 835. The summed E-state index contributed by atoms with van der Waals surface area (Å²) < 4.78 is 0. The summed E-state index contributed by atoms with van der Waals surface area (Å²) in [6, 6.07) is 13.1. The van der Waals surface area contributed by atoms with Crippen molar-refractivity contribution in [1.82, 2.24) is 0 Å². The third-order valence-electron chi connectivity index (χ3n) is 4.40. The predicted octanol–water partition coefficient (Wildman–Crippen LogP) is 2.14. The van der Waals surface area contributed by atoms with Crippen LogP contribution in [0.15, 0.2) is 48.5 Å². The van der Waals surface area contributed by atoms with Gasteiger partial charge in [-0.3, -0.25) is 19.7 Å². The highest BCUT2D eigenvalue weighted by Gasteiger charge is 2.31. The highest BCUT2D eigenvalue weighted by Crippen LogP contribution is 2.33. The molecule has 2 aromatic carbocycles. The molecular weight excluding hydrogens is 322 g/mol. The fraction of sp³-hybridized carbons (Fsp3) is 0.222. The predicted molar refractivity (Wildman–Crippen MR) is 92.5 cm³/mol. The van der Waals surface area contributed by atoms with Gasteiger partial charge in [0.2, 0.25) is 5.91 Å². The van der Waals surface area contributed by atoms with E-state index < -0.39 is 10.8 Å². The molecule has 1 aliphatic heterocycles. The van der Waals surface area contributed by atoms with E-state index in [4.69, 9.17) is 5.73 Å². The number of ketones is 1. The van der Waals surface area contributed by atoms with Crippen LogP contribution in [-0.4, -0.2) is 29.7 Å². The fourth-order valence-electron chi connectivity index (χ4n) is 3.05. The van der Waals surface area contributed by atoms with Gasteiger partial charge in [-0.15, -0.1) is 0 Å². The maximum Gasteiger partial charge on any atom is 0.293 e. The lowest BCUT2D eigenvalue weighted by atomic mass is 10.0. The summed E-state index contributed by atoms with van der Waals surface area (Å²) in [5, 5.41) is 11.5. The van der Waals surface area contributed by atoms with Gasteiger partial charge in [-0.1, -0.05) is 30.3 Å². The third-order valence-corrected chi connectivity index (χ3v) is 4.40. The van der Waals surface area contributed by atoms with Crippen molar-refractivity contribution < 1.29 is 14.5 Å². The van der Waals surface area contributed by atoms with Crippen molar-refractivity contribution >= 4 is 23.1 Å². The minimum Gasteiger partial charge on any atom is -0.369 e. The highest BCUT2D eigenvalue weighted by molar-refractivity contribution is 6.09. The number of hydrogen-bond acceptors (Lipinski definition) is 5. The molecule has 1 amide bonds. The van der Waals surface area contributed by atoms with Gasteiger partial charge in [0, 0.05) is 30.3 Å². The minimum absolute atomic E-state index is 0.146. The zero-order valence-electron chi connectivity index (χ0n) is 13.4. The third kappa shape index (κ3) is 3.35. The maximum absolute atomic E-state index is 12.5. The van der Waals surface area contributed by atoms with E-state index in [1.807, 2.05) is 0 Å². The molecule has 2 aromatic rings. The largest absolute Gasteiger partial charge is 0.369 e. The molecule has 2 N–H and O–H groups in total. The Morgan fingerprint density at radius 1 is 1.12 bits per heavy atom. The molecule has 1 saturated heterocycles. The van der Waals surface area contributed by atoms with Gasteiger partial charge in [-0.25, -0.2) is 0 Å². The summed E-state index contributed by atoms with van der Waals surface area (Å²) in [7, 11) is 0. The van der Waals surface area contributed by atoms with Crippen LogP contribution in [0.2, 0.25) is 0 Å². The second kappa shape index (κ2) is 6.72. The number of carbonyl (C=O) groups is 2. The molecule has 1 heterocycles. The second-order valence-electron chi connectivity index (χ2n) is 5.99. The van der Waals surface area contributed by atoms with Crippen molar-refractivity contribution in [1.29, 1.82) is 0 Å². The summed E-state index contributed by atoms with van der Waals surface area (Å²) in [6.45, 7) is 0.864. The zero-order chi connectivity index (χ0) is 18.0. The molecule has 0 bridgehead atoms. The van der Waals surface area contributed by atoms with Crippen molar-refractivity contribution in [3.8, 4) is 0 Å². The first-order chi connectivity index (χ1) is 12.0. The number of nitrogens with two attached hydrogens (primary N) is 1. The molecule has 3 rings (SSSR count). The quantitative estimate of drug-likeness (QED) is 0.510. The number of benzene rings is 2. The smallest absolute Gasteiger partial charge is 0.293 e. The Kier molecular flexibility index (Phi) is 4.47. The normalized spacial score (nSPS) is 16.6. The van der Waals surface area contributed by atoms with Crippen LogP contribution >= 0.6 is 0 Å². The average molecular weight is 339 g/mol. The molecule has 0 spiro atoms. The van der Waals surface area contributed by atoms with Gasteiger partial charge in [0.25, 0.3) is 5.69 Å². The lowest BCUT2D eigenvalue weighted by Gasteiger charge is -2.18. The van der Waals surface area contributed by atoms with Crippen molar-refractivity contribution in [2.75, 3.05) is 18.0 Å².